The number of rotatable bonds is 3. The van der Waals surface area contributed by atoms with Crippen molar-refractivity contribution in [1.29, 1.82) is 0 Å². The third kappa shape index (κ3) is 2.69. The lowest BCUT2D eigenvalue weighted by atomic mass is 10.1. The summed E-state index contributed by atoms with van der Waals surface area (Å²) in [5, 5.41) is 3.97. The zero-order valence-electron chi connectivity index (χ0n) is 9.92. The first-order chi connectivity index (χ1) is 8.16. The van der Waals surface area contributed by atoms with Gasteiger partial charge in [0.25, 0.3) is 0 Å². The van der Waals surface area contributed by atoms with Crippen molar-refractivity contribution in [3.8, 4) is 0 Å². The van der Waals surface area contributed by atoms with Crippen LogP contribution in [0.5, 0.6) is 0 Å². The maximum Gasteiger partial charge on any atom is 0.189 e. The van der Waals surface area contributed by atoms with Gasteiger partial charge in [-0.3, -0.25) is 9.48 Å². The molecule has 0 unspecified atom stereocenters. The normalized spacial score (nSPS) is 10.9. The van der Waals surface area contributed by atoms with Crippen LogP contribution in [0.15, 0.2) is 42.7 Å². The molecule has 0 aliphatic carbocycles. The highest BCUT2D eigenvalue weighted by atomic mass is 16.1. The van der Waals surface area contributed by atoms with Gasteiger partial charge in [0, 0.05) is 13.2 Å². The number of benzene rings is 1. The molecular weight excluding hydrogens is 212 g/mol. The van der Waals surface area contributed by atoms with E-state index in [0.717, 1.165) is 11.1 Å². The third-order valence-electron chi connectivity index (χ3n) is 2.59. The van der Waals surface area contributed by atoms with E-state index in [1.165, 1.54) is 0 Å². The number of allylic oxidation sites excluding steroid dienone is 1. The molecule has 0 spiro atoms. The Bertz CT molecular complexity index is 567. The number of hydrogen-bond acceptors (Lipinski definition) is 2. The minimum Gasteiger partial charge on any atom is -0.289 e. The van der Waals surface area contributed by atoms with E-state index in [0.29, 0.717) is 5.56 Å². The highest BCUT2D eigenvalue weighted by Gasteiger charge is 2.03. The zero-order chi connectivity index (χ0) is 12.3. The van der Waals surface area contributed by atoms with E-state index in [-0.39, 0.29) is 5.78 Å². The zero-order valence-corrected chi connectivity index (χ0v) is 9.92. The van der Waals surface area contributed by atoms with Crippen molar-refractivity contribution in [2.75, 3.05) is 0 Å². The smallest absolute Gasteiger partial charge is 0.189 e. The summed E-state index contributed by atoms with van der Waals surface area (Å²) in [5.74, 6) is -0.0265. The van der Waals surface area contributed by atoms with Crippen LogP contribution in [-0.4, -0.2) is 15.6 Å². The molecule has 2 aromatic rings. The molecule has 3 nitrogen and oxygen atoms in total. The topological polar surface area (TPSA) is 34.9 Å². The van der Waals surface area contributed by atoms with Crippen LogP contribution in [0.25, 0.3) is 6.08 Å². The van der Waals surface area contributed by atoms with Crippen LogP contribution in [0.2, 0.25) is 0 Å². The van der Waals surface area contributed by atoms with Crippen molar-refractivity contribution in [2.45, 2.75) is 6.92 Å². The minimum absolute atomic E-state index is 0.0265. The van der Waals surface area contributed by atoms with E-state index in [1.54, 1.807) is 30.2 Å². The number of aromatic nitrogens is 2. The Morgan fingerprint density at radius 2 is 2.12 bits per heavy atom. The first-order valence-corrected chi connectivity index (χ1v) is 5.43. The number of nitrogens with zero attached hydrogens (tertiary/aromatic N) is 2. The van der Waals surface area contributed by atoms with Gasteiger partial charge in [0.05, 0.1) is 11.8 Å². The minimum atomic E-state index is -0.0265. The second-order valence-electron chi connectivity index (χ2n) is 3.96. The SMILES string of the molecule is Cc1ccccc1/C=C\C(=O)c1cnn(C)c1. The molecule has 17 heavy (non-hydrogen) atoms. The van der Waals surface area contributed by atoms with Gasteiger partial charge in [-0.25, -0.2) is 0 Å². The van der Waals surface area contributed by atoms with Gasteiger partial charge in [-0.05, 0) is 24.1 Å². The Morgan fingerprint density at radius 1 is 1.35 bits per heavy atom. The van der Waals surface area contributed by atoms with Crippen molar-refractivity contribution in [2.24, 2.45) is 7.05 Å². The Labute approximate surface area is 100 Å². The summed E-state index contributed by atoms with van der Waals surface area (Å²) in [4.78, 5) is 11.8. The van der Waals surface area contributed by atoms with Crippen LogP contribution in [0.3, 0.4) is 0 Å². The average molecular weight is 226 g/mol. The third-order valence-corrected chi connectivity index (χ3v) is 2.59. The molecule has 0 atom stereocenters. The maximum absolute atomic E-state index is 11.8. The predicted octanol–water partition coefficient (Wildman–Crippen LogP) is 2.62. The molecule has 1 aromatic heterocycles. The van der Waals surface area contributed by atoms with Crippen molar-refractivity contribution < 1.29 is 4.79 Å². The number of carbonyl (C=O) groups is 1. The molecule has 0 saturated carbocycles. The van der Waals surface area contributed by atoms with Gasteiger partial charge in [0.1, 0.15) is 0 Å². The molecular formula is C14H14N2O. The first-order valence-electron chi connectivity index (χ1n) is 5.43. The molecule has 86 valence electrons. The largest absolute Gasteiger partial charge is 0.289 e. The Morgan fingerprint density at radius 3 is 2.76 bits per heavy atom. The molecule has 0 saturated heterocycles. The number of ketones is 1. The molecule has 1 aromatic carbocycles. The molecule has 0 N–H and O–H groups in total. The molecule has 0 fully saturated rings. The van der Waals surface area contributed by atoms with Crippen LogP contribution in [0, 0.1) is 6.92 Å². The fourth-order valence-corrected chi connectivity index (χ4v) is 1.58. The van der Waals surface area contributed by atoms with Crippen LogP contribution in [0.1, 0.15) is 21.5 Å². The van der Waals surface area contributed by atoms with Gasteiger partial charge >= 0.3 is 0 Å². The van der Waals surface area contributed by atoms with Gasteiger partial charge in [-0.15, -0.1) is 0 Å². The molecule has 3 heteroatoms. The van der Waals surface area contributed by atoms with Crippen molar-refractivity contribution in [3.63, 3.8) is 0 Å². The Kier molecular flexibility index (Phi) is 3.19. The Balaban J connectivity index is 2.17. The van der Waals surface area contributed by atoms with Crippen LogP contribution >= 0.6 is 0 Å². The highest BCUT2D eigenvalue weighted by molar-refractivity contribution is 6.06. The lowest BCUT2D eigenvalue weighted by molar-refractivity contribution is 0.104. The van der Waals surface area contributed by atoms with Gasteiger partial charge in [0.2, 0.25) is 0 Å². The summed E-state index contributed by atoms with van der Waals surface area (Å²) in [6.45, 7) is 2.02. The lowest BCUT2D eigenvalue weighted by Gasteiger charge is -1.97. The number of carbonyl (C=O) groups excluding carboxylic acids is 1. The number of aryl methyl sites for hydroxylation is 2. The molecule has 0 bridgehead atoms. The molecule has 0 amide bonds. The fraction of sp³-hybridized carbons (Fsp3) is 0.143. The first kappa shape index (κ1) is 11.3. The molecule has 1 heterocycles. The highest BCUT2D eigenvalue weighted by Crippen LogP contribution is 2.10. The van der Waals surface area contributed by atoms with Crippen LogP contribution < -0.4 is 0 Å². The summed E-state index contributed by atoms with van der Waals surface area (Å²) < 4.78 is 1.62. The standard InChI is InChI=1S/C14H14N2O/c1-11-5-3-4-6-12(11)7-8-14(17)13-9-15-16(2)10-13/h3-10H,1-2H3/b8-7-. The van der Waals surface area contributed by atoms with Crippen molar-refractivity contribution in [1.82, 2.24) is 9.78 Å². The monoisotopic (exact) mass is 226 g/mol. The van der Waals surface area contributed by atoms with E-state index in [1.807, 2.05) is 37.3 Å². The Hall–Kier alpha value is -2.16. The van der Waals surface area contributed by atoms with E-state index >= 15 is 0 Å². The van der Waals surface area contributed by atoms with E-state index in [2.05, 4.69) is 5.10 Å². The quantitative estimate of drug-likeness (QED) is 0.595. The molecule has 0 aliphatic rings. The second-order valence-corrected chi connectivity index (χ2v) is 3.96. The van der Waals surface area contributed by atoms with Gasteiger partial charge in [0.15, 0.2) is 5.78 Å². The predicted molar refractivity (Wildman–Crippen MR) is 67.8 cm³/mol. The summed E-state index contributed by atoms with van der Waals surface area (Å²) in [5.41, 5.74) is 2.82. The van der Waals surface area contributed by atoms with E-state index < -0.39 is 0 Å². The summed E-state index contributed by atoms with van der Waals surface area (Å²) in [6, 6.07) is 7.95. The average Bonchev–Trinajstić information content (AvgIpc) is 2.74. The lowest BCUT2D eigenvalue weighted by Crippen LogP contribution is -1.92. The summed E-state index contributed by atoms with van der Waals surface area (Å²) in [7, 11) is 1.79. The summed E-state index contributed by atoms with van der Waals surface area (Å²) in [6.07, 6.45) is 6.71. The van der Waals surface area contributed by atoms with Crippen molar-refractivity contribution in [3.05, 3.63) is 59.4 Å². The second kappa shape index (κ2) is 4.78. The molecule has 0 aliphatic heterocycles. The van der Waals surface area contributed by atoms with Gasteiger partial charge in [-0.1, -0.05) is 30.3 Å². The fourth-order valence-electron chi connectivity index (χ4n) is 1.58. The molecule has 0 radical (unpaired) electrons. The molecule has 2 rings (SSSR count). The van der Waals surface area contributed by atoms with Crippen molar-refractivity contribution >= 4 is 11.9 Å². The maximum atomic E-state index is 11.8. The van der Waals surface area contributed by atoms with Gasteiger partial charge < -0.3 is 0 Å². The van der Waals surface area contributed by atoms with Crippen LogP contribution in [-0.2, 0) is 7.05 Å². The van der Waals surface area contributed by atoms with E-state index in [4.69, 9.17) is 0 Å². The van der Waals surface area contributed by atoms with Gasteiger partial charge in [-0.2, -0.15) is 5.10 Å². The van der Waals surface area contributed by atoms with Crippen LogP contribution in [0.4, 0.5) is 0 Å². The summed E-state index contributed by atoms with van der Waals surface area (Å²) >= 11 is 0. The number of hydrogen-bond donors (Lipinski definition) is 0. The van der Waals surface area contributed by atoms with E-state index in [9.17, 15) is 4.79 Å².